The van der Waals surface area contributed by atoms with E-state index >= 15 is 0 Å². The van der Waals surface area contributed by atoms with Crippen LogP contribution in [0, 0.1) is 17.8 Å². The quantitative estimate of drug-likeness (QED) is 0.421. The van der Waals surface area contributed by atoms with Crippen molar-refractivity contribution in [1.82, 2.24) is 5.43 Å². The van der Waals surface area contributed by atoms with Crippen LogP contribution in [0.4, 0.5) is 0 Å². The molecule has 0 aromatic heterocycles. The number of fused-ring (bicyclic) bond motifs is 1. The number of amides is 1. The average molecular weight is 401 g/mol. The molecule has 0 heterocycles. The van der Waals surface area contributed by atoms with Crippen molar-refractivity contribution in [3.05, 3.63) is 58.6 Å². The van der Waals surface area contributed by atoms with Crippen LogP contribution >= 0.6 is 15.9 Å². The summed E-state index contributed by atoms with van der Waals surface area (Å²) >= 11 is 3.48. The van der Waals surface area contributed by atoms with Gasteiger partial charge < -0.3 is 0 Å². The molecule has 1 saturated carbocycles. The van der Waals surface area contributed by atoms with Crippen LogP contribution < -0.4 is 5.43 Å². The standard InChI is InChI=1S/C21H25BrN2O/c22-19-14-10-9-11-16(19)15-23-24-21(25)20-17-12-7-5-3-1-2-4-6-8-13-18(17)20/h3-6,9-11,14-15,17-18,20H,1-2,7-8,12-13H2,(H,24,25)/t17-,18-,20?/m0/s1. The van der Waals surface area contributed by atoms with Crippen LogP contribution in [0.15, 0.2) is 58.1 Å². The Bertz CT molecular complexity index is 656. The fourth-order valence-corrected chi connectivity index (χ4v) is 4.07. The highest BCUT2D eigenvalue weighted by Gasteiger charge is 2.52. The number of allylic oxidation sites excluding steroid dienone is 4. The molecule has 0 bridgehead atoms. The SMILES string of the molecule is O=C(NN=Cc1ccccc1Br)C1[C@H]2CCC=CCCC=CCC[C@H]12. The van der Waals surface area contributed by atoms with Gasteiger partial charge in [0.1, 0.15) is 0 Å². The maximum atomic E-state index is 12.5. The topological polar surface area (TPSA) is 41.5 Å². The molecule has 1 N–H and O–H groups in total. The van der Waals surface area contributed by atoms with Crippen molar-refractivity contribution >= 4 is 28.1 Å². The molecule has 0 saturated heterocycles. The van der Waals surface area contributed by atoms with Crippen molar-refractivity contribution in [2.45, 2.75) is 38.5 Å². The van der Waals surface area contributed by atoms with Crippen LogP contribution in [-0.2, 0) is 4.79 Å². The predicted molar refractivity (Wildman–Crippen MR) is 106 cm³/mol. The van der Waals surface area contributed by atoms with Crippen molar-refractivity contribution in [3.63, 3.8) is 0 Å². The Hall–Kier alpha value is -1.68. The van der Waals surface area contributed by atoms with E-state index in [1.54, 1.807) is 6.21 Å². The number of halogens is 1. The highest BCUT2D eigenvalue weighted by atomic mass is 79.9. The molecule has 3 nitrogen and oxygen atoms in total. The Kier molecular flexibility index (Phi) is 6.62. The van der Waals surface area contributed by atoms with Gasteiger partial charge in [-0.3, -0.25) is 4.79 Å². The molecule has 1 aromatic rings. The zero-order valence-corrected chi connectivity index (χ0v) is 16.0. The van der Waals surface area contributed by atoms with Gasteiger partial charge in [-0.1, -0.05) is 58.4 Å². The molecular weight excluding hydrogens is 376 g/mol. The number of rotatable bonds is 3. The molecule has 132 valence electrons. The highest BCUT2D eigenvalue weighted by molar-refractivity contribution is 9.10. The molecule has 2 aliphatic carbocycles. The first kappa shape index (κ1) is 18.1. The van der Waals surface area contributed by atoms with Crippen molar-refractivity contribution in [1.29, 1.82) is 0 Å². The van der Waals surface area contributed by atoms with Crippen LogP contribution in [0.25, 0.3) is 0 Å². The summed E-state index contributed by atoms with van der Waals surface area (Å²) in [6.45, 7) is 0. The number of nitrogens with one attached hydrogen (secondary N) is 1. The third-order valence-electron chi connectivity index (χ3n) is 5.08. The molecule has 1 fully saturated rings. The highest BCUT2D eigenvalue weighted by Crippen LogP contribution is 2.52. The van der Waals surface area contributed by atoms with E-state index in [0.717, 1.165) is 48.6 Å². The molecule has 0 aliphatic heterocycles. The Balaban J connectivity index is 1.55. The van der Waals surface area contributed by atoms with E-state index in [2.05, 4.69) is 50.8 Å². The minimum atomic E-state index is 0.0705. The lowest BCUT2D eigenvalue weighted by atomic mass is 10.1. The first-order valence-electron chi connectivity index (χ1n) is 9.15. The van der Waals surface area contributed by atoms with Gasteiger partial charge in [-0.15, -0.1) is 0 Å². The maximum absolute atomic E-state index is 12.5. The number of carbonyl (C=O) groups is 1. The normalized spacial score (nSPS) is 26.5. The third-order valence-corrected chi connectivity index (χ3v) is 5.81. The summed E-state index contributed by atoms with van der Waals surface area (Å²) in [5, 5.41) is 4.15. The number of hydrogen-bond donors (Lipinski definition) is 1. The average Bonchev–Trinajstić information content (AvgIpc) is 3.29. The van der Waals surface area contributed by atoms with Crippen LogP contribution in [0.5, 0.6) is 0 Å². The Morgan fingerprint density at radius 2 is 1.60 bits per heavy atom. The van der Waals surface area contributed by atoms with Crippen molar-refractivity contribution < 1.29 is 4.79 Å². The third kappa shape index (κ3) is 5.15. The summed E-state index contributed by atoms with van der Waals surface area (Å²) in [6, 6.07) is 7.83. The molecule has 0 spiro atoms. The van der Waals surface area contributed by atoms with Gasteiger partial charge in [-0.25, -0.2) is 5.43 Å². The van der Waals surface area contributed by atoms with Gasteiger partial charge in [0.2, 0.25) is 5.91 Å². The fraction of sp³-hybridized carbons (Fsp3) is 0.429. The molecule has 25 heavy (non-hydrogen) atoms. The van der Waals surface area contributed by atoms with Crippen molar-refractivity contribution in [3.8, 4) is 0 Å². The number of benzene rings is 1. The van der Waals surface area contributed by atoms with E-state index in [4.69, 9.17) is 0 Å². The first-order valence-corrected chi connectivity index (χ1v) is 9.94. The van der Waals surface area contributed by atoms with Crippen LogP contribution in [-0.4, -0.2) is 12.1 Å². The number of hydrogen-bond acceptors (Lipinski definition) is 2. The van der Waals surface area contributed by atoms with E-state index in [0.29, 0.717) is 11.8 Å². The van der Waals surface area contributed by atoms with Gasteiger partial charge in [0.25, 0.3) is 0 Å². The smallest absolute Gasteiger partial charge is 0.243 e. The Morgan fingerprint density at radius 1 is 1.00 bits per heavy atom. The summed E-state index contributed by atoms with van der Waals surface area (Å²) in [5.74, 6) is 1.22. The molecule has 0 radical (unpaired) electrons. The molecule has 3 rings (SSSR count). The lowest BCUT2D eigenvalue weighted by molar-refractivity contribution is -0.122. The summed E-state index contributed by atoms with van der Waals surface area (Å²) in [4.78, 5) is 12.5. The van der Waals surface area contributed by atoms with Crippen molar-refractivity contribution in [2.24, 2.45) is 22.9 Å². The minimum Gasteiger partial charge on any atom is -0.273 e. The zero-order chi connectivity index (χ0) is 17.5. The Morgan fingerprint density at radius 3 is 2.24 bits per heavy atom. The van der Waals surface area contributed by atoms with Crippen LogP contribution in [0.2, 0.25) is 0 Å². The molecule has 1 aromatic carbocycles. The van der Waals surface area contributed by atoms with E-state index in [1.165, 1.54) is 0 Å². The number of carbonyl (C=O) groups excluding carboxylic acids is 1. The summed E-state index contributed by atoms with van der Waals surface area (Å²) in [6.07, 6.45) is 17.4. The molecule has 2 aliphatic rings. The fourth-order valence-electron chi connectivity index (χ4n) is 3.68. The van der Waals surface area contributed by atoms with E-state index in [9.17, 15) is 4.79 Å². The number of hydrazone groups is 1. The van der Waals surface area contributed by atoms with Gasteiger partial charge in [-0.2, -0.15) is 5.10 Å². The van der Waals surface area contributed by atoms with Crippen LogP contribution in [0.1, 0.15) is 44.1 Å². The van der Waals surface area contributed by atoms with E-state index in [-0.39, 0.29) is 11.8 Å². The second kappa shape index (κ2) is 9.14. The van der Waals surface area contributed by atoms with Gasteiger partial charge in [-0.05, 0) is 56.4 Å². The van der Waals surface area contributed by atoms with Gasteiger partial charge in [0.15, 0.2) is 0 Å². The largest absolute Gasteiger partial charge is 0.273 e. The zero-order valence-electron chi connectivity index (χ0n) is 14.4. The molecule has 0 unspecified atom stereocenters. The number of nitrogens with zero attached hydrogens (tertiary/aromatic N) is 1. The van der Waals surface area contributed by atoms with Gasteiger partial charge >= 0.3 is 0 Å². The Labute approximate surface area is 158 Å². The monoisotopic (exact) mass is 400 g/mol. The van der Waals surface area contributed by atoms with Gasteiger partial charge in [0, 0.05) is 16.0 Å². The minimum absolute atomic E-state index is 0.0705. The van der Waals surface area contributed by atoms with Crippen LogP contribution in [0.3, 0.4) is 0 Å². The summed E-state index contributed by atoms with van der Waals surface area (Å²) in [5.41, 5.74) is 3.71. The summed E-state index contributed by atoms with van der Waals surface area (Å²) < 4.78 is 0.972. The maximum Gasteiger partial charge on any atom is 0.243 e. The lowest BCUT2D eigenvalue weighted by Gasteiger charge is -2.00. The van der Waals surface area contributed by atoms with E-state index in [1.807, 2.05) is 24.3 Å². The second-order valence-corrected chi connectivity index (χ2v) is 7.64. The molecule has 1 amide bonds. The predicted octanol–water partition coefficient (Wildman–Crippen LogP) is 5.23. The van der Waals surface area contributed by atoms with Crippen molar-refractivity contribution in [2.75, 3.05) is 0 Å². The molecular formula is C21H25BrN2O. The first-order chi connectivity index (χ1) is 12.3. The molecule has 4 heteroatoms. The second-order valence-electron chi connectivity index (χ2n) is 6.78. The van der Waals surface area contributed by atoms with E-state index < -0.39 is 0 Å². The lowest BCUT2D eigenvalue weighted by Crippen LogP contribution is -2.21. The molecule has 2 atom stereocenters. The van der Waals surface area contributed by atoms with Gasteiger partial charge in [0.05, 0.1) is 6.21 Å². The summed E-state index contributed by atoms with van der Waals surface area (Å²) in [7, 11) is 0.